The fourth-order valence-corrected chi connectivity index (χ4v) is 4.31. The quantitative estimate of drug-likeness (QED) is 0.703. The first-order chi connectivity index (χ1) is 10.6. The first-order valence-electron chi connectivity index (χ1n) is 8.49. The van der Waals surface area contributed by atoms with Crippen LogP contribution in [0.1, 0.15) is 72.6 Å². The summed E-state index contributed by atoms with van der Waals surface area (Å²) >= 11 is 6.00. The number of Topliss-reactive ketones (excluding diaryl/α,β-unsaturated/α-hetero) is 2. The number of carbonyl (C=O) groups excluding carboxylic acids is 2. The van der Waals surface area contributed by atoms with Crippen molar-refractivity contribution in [3.8, 4) is 0 Å². The molecule has 22 heavy (non-hydrogen) atoms. The number of hydrogen-bond acceptors (Lipinski definition) is 2. The summed E-state index contributed by atoms with van der Waals surface area (Å²) in [6, 6.07) is 5.11. The van der Waals surface area contributed by atoms with Gasteiger partial charge < -0.3 is 0 Å². The molecule has 118 valence electrons. The van der Waals surface area contributed by atoms with Gasteiger partial charge in [0.05, 0.1) is 0 Å². The lowest BCUT2D eigenvalue weighted by molar-refractivity contribution is 0.0623. The van der Waals surface area contributed by atoms with Crippen molar-refractivity contribution in [1.29, 1.82) is 0 Å². The Morgan fingerprint density at radius 1 is 1.05 bits per heavy atom. The first kappa shape index (κ1) is 15.7. The van der Waals surface area contributed by atoms with Crippen molar-refractivity contribution in [2.75, 3.05) is 0 Å². The van der Waals surface area contributed by atoms with Gasteiger partial charge in [0.25, 0.3) is 0 Å². The van der Waals surface area contributed by atoms with Crippen LogP contribution in [0.5, 0.6) is 0 Å². The smallest absolute Gasteiger partial charge is 0.167 e. The standard InChI is InChI=1S/C19H23ClO2/c1-2-3-4-5-12-6-8-14-16(10-12)18(21)15-9-7-13(20)11-17(15)19(14)22/h7,9,11-12,14,16H,2-6,8,10H2,1H3. The Morgan fingerprint density at radius 2 is 1.82 bits per heavy atom. The average Bonchev–Trinajstić information content (AvgIpc) is 2.53. The molecule has 2 aliphatic rings. The maximum Gasteiger partial charge on any atom is 0.167 e. The number of ketones is 2. The lowest BCUT2D eigenvalue weighted by Crippen LogP contribution is -2.40. The van der Waals surface area contributed by atoms with Crippen molar-refractivity contribution in [3.05, 3.63) is 34.3 Å². The molecule has 3 rings (SSSR count). The van der Waals surface area contributed by atoms with Crippen molar-refractivity contribution in [2.45, 2.75) is 51.9 Å². The van der Waals surface area contributed by atoms with Crippen LogP contribution in [0.4, 0.5) is 0 Å². The summed E-state index contributed by atoms with van der Waals surface area (Å²) in [6.07, 6.45) is 7.76. The van der Waals surface area contributed by atoms with Gasteiger partial charge >= 0.3 is 0 Å². The van der Waals surface area contributed by atoms with Gasteiger partial charge in [0.1, 0.15) is 0 Å². The molecule has 3 unspecified atom stereocenters. The second-order valence-electron chi connectivity index (χ2n) is 6.81. The molecular formula is C19H23ClO2. The number of halogens is 1. The molecule has 2 nitrogen and oxygen atoms in total. The second-order valence-corrected chi connectivity index (χ2v) is 7.24. The van der Waals surface area contributed by atoms with E-state index < -0.39 is 0 Å². The van der Waals surface area contributed by atoms with Gasteiger partial charge in [-0.25, -0.2) is 0 Å². The Balaban J connectivity index is 1.80. The molecule has 0 radical (unpaired) electrons. The van der Waals surface area contributed by atoms with E-state index in [4.69, 9.17) is 11.6 Å². The van der Waals surface area contributed by atoms with Crippen LogP contribution in [0.25, 0.3) is 0 Å². The topological polar surface area (TPSA) is 34.1 Å². The van der Waals surface area contributed by atoms with E-state index >= 15 is 0 Å². The highest BCUT2D eigenvalue weighted by Crippen LogP contribution is 2.43. The predicted molar refractivity (Wildman–Crippen MR) is 88.6 cm³/mol. The highest BCUT2D eigenvalue weighted by molar-refractivity contribution is 6.31. The Bertz CT molecular complexity index is 593. The Labute approximate surface area is 137 Å². The van der Waals surface area contributed by atoms with Gasteiger partial charge in [0.15, 0.2) is 11.6 Å². The molecule has 0 heterocycles. The van der Waals surface area contributed by atoms with Gasteiger partial charge in [0.2, 0.25) is 0 Å². The molecule has 3 atom stereocenters. The van der Waals surface area contributed by atoms with Crippen LogP contribution in [0.2, 0.25) is 5.02 Å². The van der Waals surface area contributed by atoms with Crippen molar-refractivity contribution >= 4 is 23.2 Å². The molecule has 1 saturated carbocycles. The van der Waals surface area contributed by atoms with Crippen LogP contribution in [0, 0.1) is 17.8 Å². The Hall–Kier alpha value is -1.15. The van der Waals surface area contributed by atoms with Gasteiger partial charge in [-0.15, -0.1) is 0 Å². The van der Waals surface area contributed by atoms with Gasteiger partial charge in [0, 0.05) is 28.0 Å². The van der Waals surface area contributed by atoms with E-state index in [9.17, 15) is 9.59 Å². The lowest BCUT2D eigenvalue weighted by Gasteiger charge is -2.38. The van der Waals surface area contributed by atoms with E-state index in [0.717, 1.165) is 19.3 Å². The van der Waals surface area contributed by atoms with Gasteiger partial charge in [-0.2, -0.15) is 0 Å². The summed E-state index contributed by atoms with van der Waals surface area (Å²) in [4.78, 5) is 25.5. The molecule has 1 aromatic rings. The van der Waals surface area contributed by atoms with Crippen molar-refractivity contribution in [1.82, 2.24) is 0 Å². The Kier molecular flexibility index (Phi) is 4.67. The van der Waals surface area contributed by atoms with E-state index in [1.807, 2.05) is 0 Å². The van der Waals surface area contributed by atoms with E-state index in [1.54, 1.807) is 18.2 Å². The summed E-state index contributed by atoms with van der Waals surface area (Å²) < 4.78 is 0. The summed E-state index contributed by atoms with van der Waals surface area (Å²) in [5.74, 6) is 0.700. The third kappa shape index (κ3) is 2.86. The highest BCUT2D eigenvalue weighted by Gasteiger charge is 2.44. The minimum Gasteiger partial charge on any atom is -0.294 e. The second kappa shape index (κ2) is 6.54. The third-order valence-corrected chi connectivity index (χ3v) is 5.60. The Morgan fingerprint density at radius 3 is 2.59 bits per heavy atom. The first-order valence-corrected chi connectivity index (χ1v) is 8.87. The molecule has 0 aromatic heterocycles. The normalized spacial score (nSPS) is 27.5. The fraction of sp³-hybridized carbons (Fsp3) is 0.579. The number of unbranched alkanes of at least 4 members (excludes halogenated alkanes) is 2. The summed E-state index contributed by atoms with van der Waals surface area (Å²) in [5.41, 5.74) is 1.13. The van der Waals surface area contributed by atoms with Gasteiger partial charge in [-0.3, -0.25) is 9.59 Å². The number of fused-ring (bicyclic) bond motifs is 2. The van der Waals surface area contributed by atoms with Crippen LogP contribution in [-0.4, -0.2) is 11.6 Å². The number of hydrogen-bond donors (Lipinski definition) is 0. The number of benzene rings is 1. The highest BCUT2D eigenvalue weighted by atomic mass is 35.5. The molecule has 0 saturated heterocycles. The van der Waals surface area contributed by atoms with Gasteiger partial charge in [-0.1, -0.05) is 44.2 Å². The minimum atomic E-state index is -0.110. The van der Waals surface area contributed by atoms with Crippen LogP contribution in [0.3, 0.4) is 0 Å². The van der Waals surface area contributed by atoms with Crippen LogP contribution >= 0.6 is 11.6 Å². The number of carbonyl (C=O) groups is 2. The molecule has 2 aliphatic carbocycles. The van der Waals surface area contributed by atoms with Crippen molar-refractivity contribution in [2.24, 2.45) is 17.8 Å². The van der Waals surface area contributed by atoms with Crippen molar-refractivity contribution < 1.29 is 9.59 Å². The summed E-state index contributed by atoms with van der Waals surface area (Å²) in [7, 11) is 0. The third-order valence-electron chi connectivity index (χ3n) is 5.36. The van der Waals surface area contributed by atoms with Gasteiger partial charge in [-0.05, 0) is 43.4 Å². The largest absolute Gasteiger partial charge is 0.294 e. The zero-order valence-electron chi connectivity index (χ0n) is 13.1. The zero-order chi connectivity index (χ0) is 15.7. The SMILES string of the molecule is CCCCCC1CCC2C(=O)c3cc(Cl)ccc3C(=O)C2C1. The molecular weight excluding hydrogens is 296 g/mol. The summed E-state index contributed by atoms with van der Waals surface area (Å²) in [6.45, 7) is 2.21. The van der Waals surface area contributed by atoms with Crippen LogP contribution < -0.4 is 0 Å². The van der Waals surface area contributed by atoms with E-state index in [1.165, 1.54) is 25.7 Å². The van der Waals surface area contributed by atoms with E-state index in [2.05, 4.69) is 6.92 Å². The van der Waals surface area contributed by atoms with Crippen LogP contribution in [0.15, 0.2) is 18.2 Å². The van der Waals surface area contributed by atoms with E-state index in [-0.39, 0.29) is 23.4 Å². The monoisotopic (exact) mass is 318 g/mol. The van der Waals surface area contributed by atoms with Crippen molar-refractivity contribution in [3.63, 3.8) is 0 Å². The molecule has 3 heteroatoms. The maximum atomic E-state index is 12.8. The zero-order valence-corrected chi connectivity index (χ0v) is 13.9. The minimum absolute atomic E-state index is 0.0958. The maximum absolute atomic E-state index is 12.8. The molecule has 0 spiro atoms. The molecule has 0 N–H and O–H groups in total. The summed E-state index contributed by atoms with van der Waals surface area (Å²) in [5, 5.41) is 0.534. The van der Waals surface area contributed by atoms with Crippen LogP contribution in [-0.2, 0) is 0 Å². The molecule has 1 aromatic carbocycles. The average molecular weight is 319 g/mol. The fourth-order valence-electron chi connectivity index (χ4n) is 4.14. The molecule has 0 amide bonds. The molecule has 0 bridgehead atoms. The lowest BCUT2D eigenvalue weighted by atomic mass is 9.64. The predicted octanol–water partition coefficient (Wildman–Crippen LogP) is 5.33. The molecule has 1 fully saturated rings. The van der Waals surface area contributed by atoms with E-state index in [0.29, 0.717) is 22.1 Å². The molecule has 0 aliphatic heterocycles. The number of rotatable bonds is 4.